The van der Waals surface area contributed by atoms with E-state index >= 15 is 0 Å². The maximum Gasteiger partial charge on any atom is 0.0954 e. The summed E-state index contributed by atoms with van der Waals surface area (Å²) in [5.74, 6) is 0. The largest absolute Gasteiger partial charge is 0.381 e. The van der Waals surface area contributed by atoms with Crippen LogP contribution in [0.5, 0.6) is 0 Å². The van der Waals surface area contributed by atoms with Crippen LogP contribution in [-0.2, 0) is 24.1 Å². The number of thiazole rings is 1. The number of ether oxygens (including phenoxy) is 1. The van der Waals surface area contributed by atoms with Crippen LogP contribution in [-0.4, -0.2) is 18.2 Å². The average Bonchev–Trinajstić information content (AvgIpc) is 2.61. The summed E-state index contributed by atoms with van der Waals surface area (Å²) in [6.45, 7) is 6.26. The number of nitrogens with two attached hydrogens (primary N) is 1. The Labute approximate surface area is 89.3 Å². The molecule has 0 unspecified atom stereocenters. The Balaban J connectivity index is 2.55. The van der Waals surface area contributed by atoms with Gasteiger partial charge in [0.2, 0.25) is 0 Å². The quantitative estimate of drug-likeness (QED) is 0.734. The lowest BCUT2D eigenvalue weighted by Crippen LogP contribution is -1.98. The maximum absolute atomic E-state index is 5.63. The van der Waals surface area contributed by atoms with Crippen molar-refractivity contribution in [2.75, 3.05) is 13.2 Å². The minimum atomic E-state index is 0.607. The van der Waals surface area contributed by atoms with E-state index in [0.29, 0.717) is 6.54 Å². The molecular formula is C10H18N2OS. The monoisotopic (exact) mass is 214 g/mol. The molecule has 1 aromatic heterocycles. The van der Waals surface area contributed by atoms with E-state index in [-0.39, 0.29) is 0 Å². The molecule has 0 fully saturated rings. The highest BCUT2D eigenvalue weighted by Crippen LogP contribution is 2.19. The topological polar surface area (TPSA) is 48.1 Å². The molecule has 0 radical (unpaired) electrons. The zero-order valence-corrected chi connectivity index (χ0v) is 9.69. The van der Waals surface area contributed by atoms with E-state index in [0.717, 1.165) is 36.8 Å². The highest BCUT2D eigenvalue weighted by atomic mass is 32.1. The third-order valence-electron chi connectivity index (χ3n) is 2.01. The van der Waals surface area contributed by atoms with Gasteiger partial charge in [-0.3, -0.25) is 0 Å². The van der Waals surface area contributed by atoms with Gasteiger partial charge >= 0.3 is 0 Å². The molecule has 0 saturated heterocycles. The van der Waals surface area contributed by atoms with Gasteiger partial charge in [-0.2, -0.15) is 0 Å². The Kier molecular flexibility index (Phi) is 5.07. The van der Waals surface area contributed by atoms with Crippen molar-refractivity contribution in [3.8, 4) is 0 Å². The van der Waals surface area contributed by atoms with Crippen LogP contribution >= 0.6 is 11.3 Å². The molecule has 80 valence electrons. The molecule has 4 heteroatoms. The molecule has 0 spiro atoms. The normalized spacial score (nSPS) is 10.8. The Morgan fingerprint density at radius 2 is 2.21 bits per heavy atom. The second-order valence-electron chi connectivity index (χ2n) is 2.98. The van der Waals surface area contributed by atoms with Crippen LogP contribution in [0.3, 0.4) is 0 Å². The van der Waals surface area contributed by atoms with Crippen LogP contribution in [0.25, 0.3) is 0 Å². The van der Waals surface area contributed by atoms with Crippen molar-refractivity contribution in [1.82, 2.24) is 4.98 Å². The first-order valence-electron chi connectivity index (χ1n) is 5.07. The number of aromatic nitrogens is 1. The number of aryl methyl sites for hydroxylation is 1. The van der Waals surface area contributed by atoms with Crippen LogP contribution in [0.15, 0.2) is 0 Å². The Morgan fingerprint density at radius 3 is 2.71 bits per heavy atom. The van der Waals surface area contributed by atoms with E-state index in [4.69, 9.17) is 10.5 Å². The first kappa shape index (κ1) is 11.6. The summed E-state index contributed by atoms with van der Waals surface area (Å²) in [6, 6.07) is 0. The van der Waals surface area contributed by atoms with Gasteiger partial charge in [0.1, 0.15) is 0 Å². The van der Waals surface area contributed by atoms with E-state index in [2.05, 4.69) is 11.9 Å². The SMILES string of the molecule is CCOCCc1nc(CC)c(CN)s1. The minimum Gasteiger partial charge on any atom is -0.381 e. The summed E-state index contributed by atoms with van der Waals surface area (Å²) in [6.07, 6.45) is 1.88. The molecule has 3 nitrogen and oxygen atoms in total. The van der Waals surface area contributed by atoms with Crippen molar-refractivity contribution in [2.24, 2.45) is 5.73 Å². The molecule has 0 bridgehead atoms. The minimum absolute atomic E-state index is 0.607. The van der Waals surface area contributed by atoms with Gasteiger partial charge < -0.3 is 10.5 Å². The van der Waals surface area contributed by atoms with Crippen molar-refractivity contribution < 1.29 is 4.74 Å². The lowest BCUT2D eigenvalue weighted by Gasteiger charge is -1.96. The Morgan fingerprint density at radius 1 is 1.43 bits per heavy atom. The van der Waals surface area contributed by atoms with Crippen LogP contribution in [0.1, 0.15) is 29.4 Å². The second kappa shape index (κ2) is 6.11. The maximum atomic E-state index is 5.63. The molecule has 1 heterocycles. The molecule has 1 rings (SSSR count). The van der Waals surface area contributed by atoms with Crippen molar-refractivity contribution in [3.63, 3.8) is 0 Å². The van der Waals surface area contributed by atoms with Crippen LogP contribution in [0.4, 0.5) is 0 Å². The molecule has 0 aliphatic carbocycles. The average molecular weight is 214 g/mol. The fraction of sp³-hybridized carbons (Fsp3) is 0.700. The number of rotatable bonds is 6. The molecule has 0 atom stereocenters. The first-order valence-corrected chi connectivity index (χ1v) is 5.88. The predicted molar refractivity (Wildman–Crippen MR) is 59.6 cm³/mol. The Hall–Kier alpha value is -0.450. The zero-order valence-electron chi connectivity index (χ0n) is 8.88. The van der Waals surface area contributed by atoms with Crippen molar-refractivity contribution in [3.05, 3.63) is 15.6 Å². The second-order valence-corrected chi connectivity index (χ2v) is 4.15. The summed E-state index contributed by atoms with van der Waals surface area (Å²) >= 11 is 1.72. The Bertz CT molecular complexity index is 252. The summed E-state index contributed by atoms with van der Waals surface area (Å²) in [5.41, 5.74) is 6.79. The highest BCUT2D eigenvalue weighted by molar-refractivity contribution is 7.11. The fourth-order valence-corrected chi connectivity index (χ4v) is 2.30. The van der Waals surface area contributed by atoms with Gasteiger partial charge in [0, 0.05) is 24.4 Å². The number of nitrogens with zero attached hydrogens (tertiary/aromatic N) is 1. The third-order valence-corrected chi connectivity index (χ3v) is 3.19. The molecule has 1 aromatic rings. The van der Waals surface area contributed by atoms with Gasteiger partial charge in [0.15, 0.2) is 0 Å². The zero-order chi connectivity index (χ0) is 10.4. The standard InChI is InChI=1S/C10H18N2OS/c1-3-8-9(7-11)14-10(12-8)5-6-13-4-2/h3-7,11H2,1-2H3. The molecule has 0 amide bonds. The van der Waals surface area contributed by atoms with Gasteiger partial charge in [0.25, 0.3) is 0 Å². The molecular weight excluding hydrogens is 196 g/mol. The summed E-state index contributed by atoms with van der Waals surface area (Å²) in [7, 11) is 0. The van der Waals surface area contributed by atoms with Crippen LogP contribution in [0.2, 0.25) is 0 Å². The number of hydrogen-bond donors (Lipinski definition) is 1. The molecule has 0 aliphatic rings. The van der Waals surface area contributed by atoms with Crippen molar-refractivity contribution in [1.29, 1.82) is 0 Å². The van der Waals surface area contributed by atoms with Gasteiger partial charge in [-0.15, -0.1) is 11.3 Å². The highest BCUT2D eigenvalue weighted by Gasteiger charge is 2.07. The van der Waals surface area contributed by atoms with Crippen LogP contribution < -0.4 is 5.73 Å². The lowest BCUT2D eigenvalue weighted by atomic mass is 10.3. The van der Waals surface area contributed by atoms with Gasteiger partial charge in [-0.25, -0.2) is 4.98 Å². The fourth-order valence-electron chi connectivity index (χ4n) is 1.28. The van der Waals surface area contributed by atoms with E-state index < -0.39 is 0 Å². The smallest absolute Gasteiger partial charge is 0.0954 e. The molecule has 0 saturated carbocycles. The van der Waals surface area contributed by atoms with Crippen molar-refractivity contribution in [2.45, 2.75) is 33.2 Å². The van der Waals surface area contributed by atoms with Gasteiger partial charge in [0.05, 0.1) is 17.3 Å². The summed E-state index contributed by atoms with van der Waals surface area (Å²) in [4.78, 5) is 5.75. The van der Waals surface area contributed by atoms with E-state index in [9.17, 15) is 0 Å². The number of hydrogen-bond acceptors (Lipinski definition) is 4. The van der Waals surface area contributed by atoms with Gasteiger partial charge in [-0.1, -0.05) is 6.92 Å². The van der Waals surface area contributed by atoms with E-state index in [1.807, 2.05) is 6.92 Å². The van der Waals surface area contributed by atoms with Crippen molar-refractivity contribution >= 4 is 11.3 Å². The molecule has 0 aromatic carbocycles. The first-order chi connectivity index (χ1) is 6.81. The molecule has 14 heavy (non-hydrogen) atoms. The van der Waals surface area contributed by atoms with Gasteiger partial charge in [-0.05, 0) is 13.3 Å². The summed E-state index contributed by atoms with van der Waals surface area (Å²) < 4.78 is 5.29. The van der Waals surface area contributed by atoms with Crippen LogP contribution in [0, 0.1) is 0 Å². The predicted octanol–water partition coefficient (Wildman–Crippen LogP) is 1.74. The molecule has 2 N–H and O–H groups in total. The van der Waals surface area contributed by atoms with E-state index in [1.165, 1.54) is 4.88 Å². The summed E-state index contributed by atoms with van der Waals surface area (Å²) in [5, 5.41) is 1.15. The third kappa shape index (κ3) is 3.04. The van der Waals surface area contributed by atoms with E-state index in [1.54, 1.807) is 11.3 Å². The molecule has 0 aliphatic heterocycles. The lowest BCUT2D eigenvalue weighted by molar-refractivity contribution is 0.151.